The van der Waals surface area contributed by atoms with Gasteiger partial charge in [-0.1, -0.05) is 17.8 Å². The molecule has 2 N–H and O–H groups in total. The summed E-state index contributed by atoms with van der Waals surface area (Å²) in [4.78, 5) is 8.28. The topological polar surface area (TPSA) is 51.8 Å². The lowest BCUT2D eigenvalue weighted by molar-refractivity contribution is 0.506. The molecule has 1 aromatic heterocycles. The number of nitrogens with zero attached hydrogens (tertiary/aromatic N) is 2. The van der Waals surface area contributed by atoms with E-state index in [-0.39, 0.29) is 0 Å². The van der Waals surface area contributed by atoms with Gasteiger partial charge in [-0.15, -0.1) is 0 Å². The van der Waals surface area contributed by atoms with Crippen LogP contribution in [0.1, 0.15) is 17.2 Å². The molecule has 0 aliphatic heterocycles. The number of nitrogens with two attached hydrogens (primary N) is 1. The summed E-state index contributed by atoms with van der Waals surface area (Å²) in [6.07, 6.45) is 3.44. The Hall–Kier alpha value is -1.53. The van der Waals surface area contributed by atoms with Crippen LogP contribution in [0.15, 0.2) is 35.7 Å². The highest BCUT2D eigenvalue weighted by atomic mass is 32.2. The molecule has 3 nitrogen and oxygen atoms in total. The maximum absolute atomic E-state index is 13.1. The molecular formula is C13H13F2N3S. The normalized spacial score (nSPS) is 12.4. The van der Waals surface area contributed by atoms with Crippen LogP contribution in [0.3, 0.4) is 0 Å². The molecule has 100 valence electrons. The molecule has 1 atom stereocenters. The molecule has 19 heavy (non-hydrogen) atoms. The zero-order valence-corrected chi connectivity index (χ0v) is 11.1. The van der Waals surface area contributed by atoms with Gasteiger partial charge in [-0.25, -0.2) is 18.7 Å². The summed E-state index contributed by atoms with van der Waals surface area (Å²) in [5, 5.41) is 0.614. The molecule has 0 aliphatic rings. The average Bonchev–Trinajstić information content (AvgIpc) is 2.41. The molecule has 2 aromatic rings. The number of aromatic nitrogens is 2. The van der Waals surface area contributed by atoms with Crippen molar-refractivity contribution in [3.63, 3.8) is 0 Å². The minimum Gasteiger partial charge on any atom is -0.323 e. The van der Waals surface area contributed by atoms with Gasteiger partial charge >= 0.3 is 0 Å². The summed E-state index contributed by atoms with van der Waals surface area (Å²) < 4.78 is 25.9. The minimum absolute atomic E-state index is 0.398. The van der Waals surface area contributed by atoms with Gasteiger partial charge in [0.05, 0.1) is 0 Å². The molecule has 2 rings (SSSR count). The van der Waals surface area contributed by atoms with Crippen LogP contribution in [0.5, 0.6) is 0 Å². The third-order valence-corrected chi connectivity index (χ3v) is 3.52. The quantitative estimate of drug-likeness (QED) is 0.691. The molecular weight excluding hydrogens is 268 g/mol. The number of halogens is 2. The SMILES string of the molecule is Cc1cnc(SCC(N)c2ccc(F)c(F)c2)nc1. The second-order valence-corrected chi connectivity index (χ2v) is 5.12. The smallest absolute Gasteiger partial charge is 0.187 e. The van der Waals surface area contributed by atoms with Crippen molar-refractivity contribution in [2.75, 3.05) is 5.75 Å². The fourth-order valence-electron chi connectivity index (χ4n) is 1.46. The zero-order valence-electron chi connectivity index (χ0n) is 10.3. The summed E-state index contributed by atoms with van der Waals surface area (Å²) >= 11 is 1.38. The molecule has 0 amide bonds. The molecule has 1 aromatic carbocycles. The van der Waals surface area contributed by atoms with Gasteiger partial charge in [0.15, 0.2) is 16.8 Å². The molecule has 0 aliphatic carbocycles. The van der Waals surface area contributed by atoms with Crippen molar-refractivity contribution in [2.24, 2.45) is 5.73 Å². The van der Waals surface area contributed by atoms with Crippen molar-refractivity contribution >= 4 is 11.8 Å². The van der Waals surface area contributed by atoms with Gasteiger partial charge in [0.2, 0.25) is 0 Å². The van der Waals surface area contributed by atoms with E-state index in [9.17, 15) is 8.78 Å². The maximum atomic E-state index is 13.1. The number of aryl methyl sites for hydroxylation is 1. The van der Waals surface area contributed by atoms with Gasteiger partial charge in [0.25, 0.3) is 0 Å². The first-order valence-electron chi connectivity index (χ1n) is 5.68. The molecule has 6 heteroatoms. The molecule has 0 saturated carbocycles. The van der Waals surface area contributed by atoms with E-state index in [4.69, 9.17) is 5.73 Å². The van der Waals surface area contributed by atoms with E-state index in [1.54, 1.807) is 12.4 Å². The first-order valence-corrected chi connectivity index (χ1v) is 6.67. The summed E-state index contributed by atoms with van der Waals surface area (Å²) in [6, 6.07) is 3.29. The van der Waals surface area contributed by atoms with Gasteiger partial charge < -0.3 is 5.73 Å². The summed E-state index contributed by atoms with van der Waals surface area (Å²) in [6.45, 7) is 1.90. The maximum Gasteiger partial charge on any atom is 0.187 e. The van der Waals surface area contributed by atoms with Crippen molar-refractivity contribution in [3.05, 3.63) is 53.4 Å². The van der Waals surface area contributed by atoms with E-state index < -0.39 is 17.7 Å². The average molecular weight is 281 g/mol. The standard InChI is InChI=1S/C13H13F2N3S/c1-8-5-17-13(18-6-8)19-7-12(16)9-2-3-10(14)11(15)4-9/h2-6,12H,7,16H2,1H3. The second-order valence-electron chi connectivity index (χ2n) is 4.13. The van der Waals surface area contributed by atoms with Gasteiger partial charge in [-0.3, -0.25) is 0 Å². The van der Waals surface area contributed by atoms with E-state index in [1.165, 1.54) is 17.8 Å². The van der Waals surface area contributed by atoms with Gasteiger partial charge in [0, 0.05) is 24.2 Å². The van der Waals surface area contributed by atoms with Crippen LogP contribution in [0.2, 0.25) is 0 Å². The highest BCUT2D eigenvalue weighted by molar-refractivity contribution is 7.99. The lowest BCUT2D eigenvalue weighted by Gasteiger charge is -2.11. The highest BCUT2D eigenvalue weighted by Gasteiger charge is 2.11. The van der Waals surface area contributed by atoms with Gasteiger partial charge in [0.1, 0.15) is 0 Å². The summed E-state index contributed by atoms with van der Waals surface area (Å²) in [5.74, 6) is -1.26. The molecule has 0 radical (unpaired) electrons. The van der Waals surface area contributed by atoms with Crippen LogP contribution in [0, 0.1) is 18.6 Å². The Kier molecular flexibility index (Phi) is 4.44. The summed E-state index contributed by atoms with van der Waals surface area (Å²) in [5.41, 5.74) is 7.46. The third kappa shape index (κ3) is 3.71. The molecule has 0 bridgehead atoms. The molecule has 0 spiro atoms. The van der Waals surface area contributed by atoms with Crippen molar-refractivity contribution < 1.29 is 8.78 Å². The first kappa shape index (κ1) is 13.9. The fourth-order valence-corrected chi connectivity index (χ4v) is 2.23. The lowest BCUT2D eigenvalue weighted by Crippen LogP contribution is -2.13. The van der Waals surface area contributed by atoms with Crippen molar-refractivity contribution in [1.82, 2.24) is 9.97 Å². The molecule has 1 unspecified atom stereocenters. The number of hydrogen-bond donors (Lipinski definition) is 1. The predicted molar refractivity (Wildman–Crippen MR) is 70.8 cm³/mol. The Labute approximate surface area is 114 Å². The van der Waals surface area contributed by atoms with Crippen molar-refractivity contribution in [3.8, 4) is 0 Å². The Morgan fingerprint density at radius 1 is 1.21 bits per heavy atom. The van der Waals surface area contributed by atoms with Crippen LogP contribution in [0.25, 0.3) is 0 Å². The van der Waals surface area contributed by atoms with E-state index >= 15 is 0 Å². The van der Waals surface area contributed by atoms with E-state index in [1.807, 2.05) is 6.92 Å². The number of rotatable bonds is 4. The van der Waals surface area contributed by atoms with Crippen molar-refractivity contribution in [1.29, 1.82) is 0 Å². The molecule has 0 fully saturated rings. The monoisotopic (exact) mass is 281 g/mol. The number of benzene rings is 1. The number of thioether (sulfide) groups is 1. The van der Waals surface area contributed by atoms with E-state index in [0.717, 1.165) is 17.7 Å². The molecule has 1 heterocycles. The Morgan fingerprint density at radius 2 is 1.89 bits per heavy atom. The molecule has 0 saturated heterocycles. The third-order valence-electron chi connectivity index (χ3n) is 2.52. The Balaban J connectivity index is 1.98. The van der Waals surface area contributed by atoms with Crippen LogP contribution < -0.4 is 5.73 Å². The van der Waals surface area contributed by atoms with E-state index in [2.05, 4.69) is 9.97 Å². The summed E-state index contributed by atoms with van der Waals surface area (Å²) in [7, 11) is 0. The van der Waals surface area contributed by atoms with Crippen LogP contribution in [-0.2, 0) is 0 Å². The Bertz CT molecular complexity index is 560. The largest absolute Gasteiger partial charge is 0.323 e. The van der Waals surface area contributed by atoms with E-state index in [0.29, 0.717) is 16.5 Å². The van der Waals surface area contributed by atoms with Crippen LogP contribution in [0.4, 0.5) is 8.78 Å². The van der Waals surface area contributed by atoms with Crippen LogP contribution in [-0.4, -0.2) is 15.7 Å². The lowest BCUT2D eigenvalue weighted by atomic mass is 10.1. The van der Waals surface area contributed by atoms with Gasteiger partial charge in [-0.05, 0) is 30.2 Å². The highest BCUT2D eigenvalue weighted by Crippen LogP contribution is 2.21. The van der Waals surface area contributed by atoms with Gasteiger partial charge in [-0.2, -0.15) is 0 Å². The fraction of sp³-hybridized carbons (Fsp3) is 0.231. The Morgan fingerprint density at radius 3 is 2.53 bits per heavy atom. The number of hydrogen-bond acceptors (Lipinski definition) is 4. The predicted octanol–water partition coefficient (Wildman–Crippen LogP) is 2.86. The van der Waals surface area contributed by atoms with Crippen LogP contribution >= 0.6 is 11.8 Å². The second kappa shape index (κ2) is 6.08. The zero-order chi connectivity index (χ0) is 13.8. The van der Waals surface area contributed by atoms with Crippen molar-refractivity contribution in [2.45, 2.75) is 18.1 Å². The minimum atomic E-state index is -0.885. The first-order chi connectivity index (χ1) is 9.06.